The van der Waals surface area contributed by atoms with E-state index < -0.39 is 0 Å². The highest BCUT2D eigenvalue weighted by molar-refractivity contribution is 5.37. The fourth-order valence-corrected chi connectivity index (χ4v) is 2.53. The fraction of sp³-hybridized carbons (Fsp3) is 0.368. The number of hydrogen-bond donors (Lipinski definition) is 2. The Morgan fingerprint density at radius 1 is 1.10 bits per heavy atom. The Bertz CT molecular complexity index is 590. The molecule has 0 aromatic heterocycles. The molecule has 2 aromatic carbocycles. The van der Waals surface area contributed by atoms with Crippen LogP contribution >= 0.6 is 0 Å². The van der Waals surface area contributed by atoms with Crippen LogP contribution in [0.1, 0.15) is 43.5 Å². The van der Waals surface area contributed by atoms with Gasteiger partial charge in [-0.15, -0.1) is 0 Å². The Morgan fingerprint density at radius 3 is 2.43 bits per heavy atom. The van der Waals surface area contributed by atoms with Crippen LogP contribution in [-0.4, -0.2) is 11.7 Å². The molecule has 1 unspecified atom stereocenters. The maximum absolute atomic E-state index is 10.0. The Kier molecular flexibility index (Phi) is 4.69. The van der Waals surface area contributed by atoms with Crippen molar-refractivity contribution in [2.45, 2.75) is 39.2 Å². The highest BCUT2D eigenvalue weighted by Crippen LogP contribution is 2.27. The first-order valence-corrected chi connectivity index (χ1v) is 7.48. The number of hydrogen-bond acceptors (Lipinski definition) is 2. The van der Waals surface area contributed by atoms with Gasteiger partial charge in [-0.3, -0.25) is 0 Å². The Hall–Kier alpha value is -1.80. The Labute approximate surface area is 127 Å². The van der Waals surface area contributed by atoms with E-state index >= 15 is 0 Å². The van der Waals surface area contributed by atoms with Gasteiger partial charge < -0.3 is 10.4 Å². The lowest BCUT2D eigenvalue weighted by Crippen LogP contribution is -2.34. The zero-order chi connectivity index (χ0) is 15.5. The van der Waals surface area contributed by atoms with Crippen molar-refractivity contribution in [2.24, 2.45) is 0 Å². The SMILES string of the molecule is Cc1ccc(O)c(C(C)NCC(C)(C)c2ccccc2)c1. The van der Waals surface area contributed by atoms with Gasteiger partial charge in [-0.05, 0) is 25.5 Å². The molecule has 0 aliphatic heterocycles. The molecule has 21 heavy (non-hydrogen) atoms. The standard InChI is InChI=1S/C19H25NO/c1-14-10-11-18(21)17(12-14)15(2)20-13-19(3,4)16-8-6-5-7-9-16/h5-12,15,20-21H,13H2,1-4H3. The van der Waals surface area contributed by atoms with Crippen molar-refractivity contribution < 1.29 is 5.11 Å². The lowest BCUT2D eigenvalue weighted by Gasteiger charge is -2.28. The van der Waals surface area contributed by atoms with Gasteiger partial charge in [0.2, 0.25) is 0 Å². The summed E-state index contributed by atoms with van der Waals surface area (Å²) in [6.07, 6.45) is 0. The predicted octanol–water partition coefficient (Wildman–Crippen LogP) is 4.33. The highest BCUT2D eigenvalue weighted by atomic mass is 16.3. The Balaban J connectivity index is 2.07. The van der Waals surface area contributed by atoms with Gasteiger partial charge in [-0.2, -0.15) is 0 Å². The number of aryl methyl sites for hydroxylation is 1. The largest absolute Gasteiger partial charge is 0.508 e. The van der Waals surface area contributed by atoms with Crippen molar-refractivity contribution in [3.05, 3.63) is 65.2 Å². The minimum absolute atomic E-state index is 0.0506. The zero-order valence-corrected chi connectivity index (χ0v) is 13.4. The summed E-state index contributed by atoms with van der Waals surface area (Å²) in [6, 6.07) is 16.4. The first-order chi connectivity index (χ1) is 9.90. The summed E-state index contributed by atoms with van der Waals surface area (Å²) in [5, 5.41) is 13.6. The molecule has 0 aliphatic carbocycles. The van der Waals surface area contributed by atoms with Gasteiger partial charge in [-0.1, -0.05) is 61.9 Å². The van der Waals surface area contributed by atoms with Crippen LogP contribution in [0, 0.1) is 6.92 Å². The molecule has 2 nitrogen and oxygen atoms in total. The first kappa shape index (κ1) is 15.6. The summed E-state index contributed by atoms with van der Waals surface area (Å²) in [6.45, 7) is 9.46. The van der Waals surface area contributed by atoms with Gasteiger partial charge in [0.1, 0.15) is 5.75 Å². The molecule has 2 aromatic rings. The summed E-state index contributed by atoms with van der Waals surface area (Å²) in [5.74, 6) is 0.359. The van der Waals surface area contributed by atoms with Crippen LogP contribution in [0.5, 0.6) is 5.75 Å². The number of benzene rings is 2. The molecule has 2 rings (SSSR count). The third-order valence-corrected chi connectivity index (χ3v) is 4.05. The Morgan fingerprint density at radius 2 is 1.76 bits per heavy atom. The summed E-state index contributed by atoms with van der Waals surface area (Å²) in [7, 11) is 0. The average Bonchev–Trinajstić information content (AvgIpc) is 2.48. The predicted molar refractivity (Wildman–Crippen MR) is 88.7 cm³/mol. The van der Waals surface area contributed by atoms with Crippen LogP contribution < -0.4 is 5.32 Å². The zero-order valence-electron chi connectivity index (χ0n) is 13.4. The number of nitrogens with one attached hydrogen (secondary N) is 1. The maximum atomic E-state index is 10.0. The second-order valence-electron chi connectivity index (χ2n) is 6.41. The molecule has 2 N–H and O–H groups in total. The molecule has 0 fully saturated rings. The van der Waals surface area contributed by atoms with E-state index in [2.05, 4.69) is 50.4 Å². The van der Waals surface area contributed by atoms with E-state index in [0.29, 0.717) is 5.75 Å². The molecule has 0 saturated heterocycles. The molecule has 0 saturated carbocycles. The van der Waals surface area contributed by atoms with Crippen LogP contribution in [-0.2, 0) is 5.41 Å². The molecule has 0 heterocycles. The average molecular weight is 283 g/mol. The first-order valence-electron chi connectivity index (χ1n) is 7.48. The molecule has 0 amide bonds. The van der Waals surface area contributed by atoms with Gasteiger partial charge in [0.15, 0.2) is 0 Å². The summed E-state index contributed by atoms with van der Waals surface area (Å²) < 4.78 is 0. The molecular formula is C19H25NO. The lowest BCUT2D eigenvalue weighted by atomic mass is 9.84. The topological polar surface area (TPSA) is 32.3 Å². The van der Waals surface area contributed by atoms with Crippen molar-refractivity contribution in [3.8, 4) is 5.75 Å². The normalized spacial score (nSPS) is 13.1. The second kappa shape index (κ2) is 6.31. The summed E-state index contributed by atoms with van der Waals surface area (Å²) in [4.78, 5) is 0. The smallest absolute Gasteiger partial charge is 0.120 e. The van der Waals surface area contributed by atoms with Crippen molar-refractivity contribution in [1.29, 1.82) is 0 Å². The minimum atomic E-state index is 0.0506. The summed E-state index contributed by atoms with van der Waals surface area (Å²) >= 11 is 0. The van der Waals surface area contributed by atoms with Gasteiger partial charge in [-0.25, -0.2) is 0 Å². The van der Waals surface area contributed by atoms with Crippen molar-refractivity contribution in [2.75, 3.05) is 6.54 Å². The number of aromatic hydroxyl groups is 1. The van der Waals surface area contributed by atoms with E-state index in [-0.39, 0.29) is 11.5 Å². The molecule has 2 heteroatoms. The maximum Gasteiger partial charge on any atom is 0.120 e. The quantitative estimate of drug-likeness (QED) is 0.856. The van der Waals surface area contributed by atoms with Crippen molar-refractivity contribution >= 4 is 0 Å². The third kappa shape index (κ3) is 3.85. The van der Waals surface area contributed by atoms with E-state index in [1.807, 2.05) is 25.1 Å². The molecule has 1 atom stereocenters. The van der Waals surface area contributed by atoms with Gasteiger partial charge in [0, 0.05) is 23.6 Å². The van der Waals surface area contributed by atoms with Crippen LogP contribution in [0.2, 0.25) is 0 Å². The number of phenolic OH excluding ortho intramolecular Hbond substituents is 1. The summed E-state index contributed by atoms with van der Waals surface area (Å²) in [5.41, 5.74) is 3.49. The molecule has 0 spiro atoms. The van der Waals surface area contributed by atoms with Gasteiger partial charge in [0.25, 0.3) is 0 Å². The van der Waals surface area contributed by atoms with E-state index in [0.717, 1.165) is 12.1 Å². The fourth-order valence-electron chi connectivity index (χ4n) is 2.53. The van der Waals surface area contributed by atoms with E-state index in [4.69, 9.17) is 0 Å². The van der Waals surface area contributed by atoms with Gasteiger partial charge in [0.05, 0.1) is 0 Å². The number of rotatable bonds is 5. The molecular weight excluding hydrogens is 258 g/mol. The van der Waals surface area contributed by atoms with Gasteiger partial charge >= 0.3 is 0 Å². The van der Waals surface area contributed by atoms with E-state index in [9.17, 15) is 5.11 Å². The second-order valence-corrected chi connectivity index (χ2v) is 6.41. The van der Waals surface area contributed by atoms with E-state index in [1.165, 1.54) is 11.1 Å². The van der Waals surface area contributed by atoms with Crippen LogP contribution in [0.3, 0.4) is 0 Å². The van der Waals surface area contributed by atoms with Crippen molar-refractivity contribution in [1.82, 2.24) is 5.32 Å². The van der Waals surface area contributed by atoms with Crippen LogP contribution in [0.25, 0.3) is 0 Å². The molecule has 0 aliphatic rings. The monoisotopic (exact) mass is 283 g/mol. The molecule has 0 radical (unpaired) electrons. The molecule has 112 valence electrons. The van der Waals surface area contributed by atoms with Crippen molar-refractivity contribution in [3.63, 3.8) is 0 Å². The van der Waals surface area contributed by atoms with Crippen LogP contribution in [0.15, 0.2) is 48.5 Å². The number of phenols is 1. The van der Waals surface area contributed by atoms with E-state index in [1.54, 1.807) is 6.07 Å². The lowest BCUT2D eigenvalue weighted by molar-refractivity contribution is 0.417. The molecule has 0 bridgehead atoms. The minimum Gasteiger partial charge on any atom is -0.508 e. The third-order valence-electron chi connectivity index (χ3n) is 4.05. The van der Waals surface area contributed by atoms with Crippen LogP contribution in [0.4, 0.5) is 0 Å². The highest BCUT2D eigenvalue weighted by Gasteiger charge is 2.21.